The molecule has 0 fully saturated rings. The molecule has 0 unspecified atom stereocenters. The van der Waals surface area contributed by atoms with Crippen molar-refractivity contribution in [2.75, 3.05) is 13.7 Å². The van der Waals surface area contributed by atoms with E-state index in [-0.39, 0.29) is 19.0 Å². The summed E-state index contributed by atoms with van der Waals surface area (Å²) >= 11 is 2.09. The van der Waals surface area contributed by atoms with Gasteiger partial charge in [-0.3, -0.25) is 0 Å². The molecule has 0 spiro atoms. The number of hydrogen-bond acceptors (Lipinski definition) is 4. The van der Waals surface area contributed by atoms with Crippen molar-refractivity contribution < 1.29 is 23.4 Å². The van der Waals surface area contributed by atoms with Gasteiger partial charge in [-0.2, -0.15) is 0 Å². The van der Waals surface area contributed by atoms with Crippen LogP contribution in [0.3, 0.4) is 0 Å². The van der Waals surface area contributed by atoms with E-state index in [1.807, 2.05) is 6.07 Å². The molecule has 0 aliphatic carbocycles. The molecule has 0 aromatic heterocycles. The summed E-state index contributed by atoms with van der Waals surface area (Å²) < 4.78 is 30.4. The molecule has 0 amide bonds. The van der Waals surface area contributed by atoms with Gasteiger partial charge in [0.05, 0.1) is 10.7 Å². The second-order valence-corrected chi connectivity index (χ2v) is 6.22. The van der Waals surface area contributed by atoms with Crippen molar-refractivity contribution in [3.05, 3.63) is 63.0 Å². The number of esters is 1. The molecule has 4 nitrogen and oxygen atoms in total. The van der Waals surface area contributed by atoms with Gasteiger partial charge in [0.15, 0.2) is 18.1 Å². The Morgan fingerprint density at radius 1 is 1.35 bits per heavy atom. The first kappa shape index (κ1) is 19.8. The van der Waals surface area contributed by atoms with E-state index in [0.717, 1.165) is 9.13 Å². The van der Waals surface area contributed by atoms with Gasteiger partial charge in [0, 0.05) is 11.6 Å². The first-order chi connectivity index (χ1) is 12.5. The zero-order chi connectivity index (χ0) is 18.9. The van der Waals surface area contributed by atoms with Gasteiger partial charge in [0.25, 0.3) is 0 Å². The molecule has 26 heavy (non-hydrogen) atoms. The highest BCUT2D eigenvalue weighted by molar-refractivity contribution is 14.1. The Bertz CT molecular complexity index is 855. The molecule has 0 saturated carbocycles. The fourth-order valence-corrected chi connectivity index (χ4v) is 2.85. The molecule has 2 rings (SSSR count). The predicted molar refractivity (Wildman–Crippen MR) is 105 cm³/mol. The molecule has 0 bridgehead atoms. The predicted octanol–water partition coefficient (Wildman–Crippen LogP) is 4.21. The summed E-state index contributed by atoms with van der Waals surface area (Å²) in [4.78, 5) is 11.5. The Morgan fingerprint density at radius 2 is 2.12 bits per heavy atom. The van der Waals surface area contributed by atoms with Gasteiger partial charge in [0.2, 0.25) is 0 Å². The van der Waals surface area contributed by atoms with Crippen LogP contribution < -0.4 is 9.47 Å². The van der Waals surface area contributed by atoms with Crippen LogP contribution in [-0.4, -0.2) is 19.7 Å². The third-order valence-corrected chi connectivity index (χ3v) is 4.09. The summed E-state index contributed by atoms with van der Waals surface area (Å²) in [6.07, 6.45) is 7.90. The molecule has 0 saturated heterocycles. The van der Waals surface area contributed by atoms with Crippen LogP contribution in [0.2, 0.25) is 0 Å². The number of benzene rings is 2. The topological polar surface area (TPSA) is 44.8 Å². The second kappa shape index (κ2) is 9.82. The molecule has 2 aromatic rings. The number of carbonyl (C=O) groups is 1. The number of carbonyl (C=O) groups excluding carboxylic acids is 1. The molecule has 0 N–H and O–H groups in total. The zero-order valence-electron chi connectivity index (χ0n) is 14.0. The molecular weight excluding hydrogens is 450 g/mol. The van der Waals surface area contributed by atoms with Gasteiger partial charge in [-0.05, 0) is 52.4 Å². The minimum Gasteiger partial charge on any atom is -0.493 e. The van der Waals surface area contributed by atoms with Gasteiger partial charge in [-0.15, -0.1) is 6.42 Å². The third kappa shape index (κ3) is 5.49. The van der Waals surface area contributed by atoms with E-state index in [0.29, 0.717) is 17.1 Å². The molecule has 0 radical (unpaired) electrons. The summed E-state index contributed by atoms with van der Waals surface area (Å²) in [5, 5.41) is 0. The minimum absolute atomic E-state index is 0.0760. The SMILES string of the molecule is C#CCOC(=O)/C=C/c1cc(I)c(OCc2ccccc2F)c(OC)c1. The smallest absolute Gasteiger partial charge is 0.331 e. The summed E-state index contributed by atoms with van der Waals surface area (Å²) in [7, 11) is 1.51. The average Bonchev–Trinajstić information content (AvgIpc) is 2.64. The van der Waals surface area contributed by atoms with E-state index in [2.05, 4.69) is 28.5 Å². The average molecular weight is 466 g/mol. The maximum Gasteiger partial charge on any atom is 0.331 e. The van der Waals surface area contributed by atoms with Gasteiger partial charge in [-0.25, -0.2) is 9.18 Å². The lowest BCUT2D eigenvalue weighted by Gasteiger charge is -2.14. The van der Waals surface area contributed by atoms with Crippen molar-refractivity contribution in [1.82, 2.24) is 0 Å². The Balaban J connectivity index is 2.16. The minimum atomic E-state index is -0.531. The summed E-state index contributed by atoms with van der Waals surface area (Å²) in [6, 6.07) is 9.94. The molecular formula is C20H16FIO4. The third-order valence-electron chi connectivity index (χ3n) is 3.29. The van der Waals surface area contributed by atoms with Gasteiger partial charge >= 0.3 is 5.97 Å². The van der Waals surface area contributed by atoms with Crippen LogP contribution in [0.5, 0.6) is 11.5 Å². The van der Waals surface area contributed by atoms with E-state index in [4.69, 9.17) is 20.6 Å². The monoisotopic (exact) mass is 466 g/mol. The molecule has 0 aliphatic rings. The number of ether oxygens (including phenoxy) is 3. The van der Waals surface area contributed by atoms with E-state index in [1.165, 1.54) is 19.3 Å². The fraction of sp³-hybridized carbons (Fsp3) is 0.150. The number of rotatable bonds is 7. The molecule has 0 heterocycles. The van der Waals surface area contributed by atoms with Crippen molar-refractivity contribution in [3.63, 3.8) is 0 Å². The van der Waals surface area contributed by atoms with E-state index < -0.39 is 5.97 Å². The number of halogens is 2. The van der Waals surface area contributed by atoms with E-state index in [9.17, 15) is 9.18 Å². The summed E-state index contributed by atoms with van der Waals surface area (Å²) in [5.74, 6) is 2.34. The zero-order valence-corrected chi connectivity index (χ0v) is 16.2. The molecule has 0 atom stereocenters. The molecule has 134 valence electrons. The lowest BCUT2D eigenvalue weighted by Crippen LogP contribution is -2.02. The normalized spacial score (nSPS) is 10.4. The van der Waals surface area contributed by atoms with Crippen molar-refractivity contribution in [2.24, 2.45) is 0 Å². The molecule has 0 aliphatic heterocycles. The molecule has 6 heteroatoms. The van der Waals surface area contributed by atoms with E-state index in [1.54, 1.807) is 30.3 Å². The summed E-state index contributed by atoms with van der Waals surface area (Å²) in [5.41, 5.74) is 1.17. The number of methoxy groups -OCH3 is 1. The number of terminal acetylenes is 1. The second-order valence-electron chi connectivity index (χ2n) is 5.06. The van der Waals surface area contributed by atoms with Crippen LogP contribution in [0.15, 0.2) is 42.5 Å². The van der Waals surface area contributed by atoms with Crippen molar-refractivity contribution >= 4 is 34.6 Å². The molecule has 2 aromatic carbocycles. The van der Waals surface area contributed by atoms with Crippen LogP contribution in [0.4, 0.5) is 4.39 Å². The highest BCUT2D eigenvalue weighted by atomic mass is 127. The Morgan fingerprint density at radius 3 is 2.81 bits per heavy atom. The van der Waals surface area contributed by atoms with Gasteiger partial charge < -0.3 is 14.2 Å². The van der Waals surface area contributed by atoms with Crippen LogP contribution in [-0.2, 0) is 16.1 Å². The first-order valence-corrected chi connectivity index (χ1v) is 8.65. The summed E-state index contributed by atoms with van der Waals surface area (Å²) in [6.45, 7) is -0.000508. The largest absolute Gasteiger partial charge is 0.493 e. The lowest BCUT2D eigenvalue weighted by atomic mass is 10.2. The fourth-order valence-electron chi connectivity index (χ4n) is 2.07. The lowest BCUT2D eigenvalue weighted by molar-refractivity contribution is -0.136. The van der Waals surface area contributed by atoms with Crippen molar-refractivity contribution in [1.29, 1.82) is 0 Å². The van der Waals surface area contributed by atoms with Crippen LogP contribution in [0.25, 0.3) is 6.08 Å². The van der Waals surface area contributed by atoms with Gasteiger partial charge in [0.1, 0.15) is 12.4 Å². The Hall–Kier alpha value is -2.53. The van der Waals surface area contributed by atoms with Crippen molar-refractivity contribution in [3.8, 4) is 23.8 Å². The standard InChI is InChI=1S/C20H16FIO4/c1-3-10-25-19(23)9-8-14-11-17(22)20(18(12-14)24-2)26-13-15-6-4-5-7-16(15)21/h1,4-9,11-12H,10,13H2,2H3/b9-8+. The van der Waals surface area contributed by atoms with Gasteiger partial charge in [-0.1, -0.05) is 24.1 Å². The maximum absolute atomic E-state index is 13.7. The Kier molecular flexibility index (Phi) is 7.48. The van der Waals surface area contributed by atoms with Crippen LogP contribution >= 0.6 is 22.6 Å². The van der Waals surface area contributed by atoms with E-state index >= 15 is 0 Å². The first-order valence-electron chi connectivity index (χ1n) is 7.57. The Labute approximate surface area is 165 Å². The highest BCUT2D eigenvalue weighted by Gasteiger charge is 2.12. The highest BCUT2D eigenvalue weighted by Crippen LogP contribution is 2.35. The quantitative estimate of drug-likeness (QED) is 0.266. The maximum atomic E-state index is 13.7. The van der Waals surface area contributed by atoms with Crippen LogP contribution in [0, 0.1) is 21.7 Å². The van der Waals surface area contributed by atoms with Crippen molar-refractivity contribution in [2.45, 2.75) is 6.61 Å². The van der Waals surface area contributed by atoms with Crippen LogP contribution in [0.1, 0.15) is 11.1 Å². The number of hydrogen-bond donors (Lipinski definition) is 0.